The third-order valence-electron chi connectivity index (χ3n) is 5.53. The molecule has 1 aromatic carbocycles. The maximum Gasteiger partial charge on any atom is 0.322 e. The molecule has 26 heavy (non-hydrogen) atoms. The van der Waals surface area contributed by atoms with Gasteiger partial charge in [0.25, 0.3) is 0 Å². The molecule has 0 radical (unpaired) electrons. The minimum Gasteiger partial charge on any atom is -0.353 e. The highest BCUT2D eigenvalue weighted by Gasteiger charge is 2.37. The molecule has 1 aliphatic heterocycles. The van der Waals surface area contributed by atoms with Gasteiger partial charge in [0.15, 0.2) is 0 Å². The zero-order valence-electron chi connectivity index (χ0n) is 15.5. The van der Waals surface area contributed by atoms with Gasteiger partial charge in [-0.05, 0) is 38.7 Å². The summed E-state index contributed by atoms with van der Waals surface area (Å²) in [7, 11) is 0. The van der Waals surface area contributed by atoms with Gasteiger partial charge in [-0.15, -0.1) is 0 Å². The lowest BCUT2D eigenvalue weighted by atomic mass is 9.77. The molecule has 0 aromatic heterocycles. The van der Waals surface area contributed by atoms with E-state index in [2.05, 4.69) is 48.0 Å². The Hall–Kier alpha value is -2.37. The first-order chi connectivity index (χ1) is 12.4. The highest BCUT2D eigenvalue weighted by molar-refractivity contribution is 5.98. The minimum atomic E-state index is -0.667. The Morgan fingerprint density at radius 3 is 2.46 bits per heavy atom. The van der Waals surface area contributed by atoms with Gasteiger partial charge >= 0.3 is 6.03 Å². The molecule has 0 spiro atoms. The molecule has 4 amide bonds. The Labute approximate surface area is 154 Å². The van der Waals surface area contributed by atoms with Crippen LogP contribution in [0.3, 0.4) is 0 Å². The Morgan fingerprint density at radius 2 is 1.81 bits per heavy atom. The van der Waals surface area contributed by atoms with Crippen molar-refractivity contribution in [2.24, 2.45) is 0 Å². The van der Waals surface area contributed by atoms with Crippen LogP contribution in [0, 0.1) is 13.8 Å². The van der Waals surface area contributed by atoms with Gasteiger partial charge in [0, 0.05) is 18.4 Å². The number of hydrogen-bond donors (Lipinski definition) is 3. The summed E-state index contributed by atoms with van der Waals surface area (Å²) in [6.45, 7) is 4.76. The van der Waals surface area contributed by atoms with Crippen molar-refractivity contribution in [1.82, 2.24) is 16.0 Å². The van der Waals surface area contributed by atoms with Gasteiger partial charge in [-0.25, -0.2) is 4.79 Å². The molecule has 2 fully saturated rings. The van der Waals surface area contributed by atoms with Crippen molar-refractivity contribution in [3.05, 3.63) is 34.9 Å². The maximum absolute atomic E-state index is 12.6. The van der Waals surface area contributed by atoms with Crippen LogP contribution in [0.15, 0.2) is 18.2 Å². The van der Waals surface area contributed by atoms with E-state index in [1.807, 2.05) is 0 Å². The van der Waals surface area contributed by atoms with Gasteiger partial charge in [-0.3, -0.25) is 14.9 Å². The summed E-state index contributed by atoms with van der Waals surface area (Å²) in [5, 5.41) is 7.82. The second kappa shape index (κ2) is 7.48. The highest BCUT2D eigenvalue weighted by Crippen LogP contribution is 2.41. The zero-order chi connectivity index (χ0) is 18.7. The van der Waals surface area contributed by atoms with Gasteiger partial charge in [-0.1, -0.05) is 42.2 Å². The number of carbonyl (C=O) groups is 3. The van der Waals surface area contributed by atoms with Gasteiger partial charge < -0.3 is 10.6 Å². The molecule has 0 bridgehead atoms. The van der Waals surface area contributed by atoms with Crippen molar-refractivity contribution < 1.29 is 14.4 Å². The van der Waals surface area contributed by atoms with Crippen molar-refractivity contribution >= 4 is 17.8 Å². The average molecular weight is 357 g/mol. The van der Waals surface area contributed by atoms with E-state index >= 15 is 0 Å². The van der Waals surface area contributed by atoms with Crippen LogP contribution in [0.25, 0.3) is 0 Å². The van der Waals surface area contributed by atoms with Gasteiger partial charge in [0.2, 0.25) is 11.8 Å². The number of nitrogens with one attached hydrogen (secondary N) is 3. The molecule has 6 heteroatoms. The lowest BCUT2D eigenvalue weighted by Crippen LogP contribution is -2.50. The Kier molecular flexibility index (Phi) is 5.30. The lowest BCUT2D eigenvalue weighted by Gasteiger charge is -2.31. The zero-order valence-corrected chi connectivity index (χ0v) is 15.5. The third-order valence-corrected chi connectivity index (χ3v) is 5.53. The quantitative estimate of drug-likeness (QED) is 0.772. The van der Waals surface area contributed by atoms with E-state index in [1.54, 1.807) is 0 Å². The molecule has 3 N–H and O–H groups in total. The molecular formula is C20H27N3O3. The third kappa shape index (κ3) is 4.06. The van der Waals surface area contributed by atoms with Crippen LogP contribution in [-0.4, -0.2) is 30.4 Å². The SMILES string of the molecule is Cc1cc(C)cc(C2(CNC(=O)C3CCC(=O)NC(=O)N3)CCCC2)c1. The Balaban J connectivity index is 1.72. The minimum absolute atomic E-state index is 0.0464. The predicted octanol–water partition coefficient (Wildman–Crippen LogP) is 2.22. The topological polar surface area (TPSA) is 87.3 Å². The van der Waals surface area contributed by atoms with Crippen molar-refractivity contribution in [2.45, 2.75) is 63.8 Å². The summed E-state index contributed by atoms with van der Waals surface area (Å²) >= 11 is 0. The predicted molar refractivity (Wildman–Crippen MR) is 98.8 cm³/mol. The fraction of sp³-hybridized carbons (Fsp3) is 0.550. The van der Waals surface area contributed by atoms with Gasteiger partial charge in [-0.2, -0.15) is 0 Å². The number of amides is 4. The molecule has 1 saturated heterocycles. The van der Waals surface area contributed by atoms with E-state index in [0.717, 1.165) is 25.7 Å². The second-order valence-corrected chi connectivity index (χ2v) is 7.69. The first kappa shape index (κ1) is 18.4. The number of carbonyl (C=O) groups excluding carboxylic acids is 3. The highest BCUT2D eigenvalue weighted by atomic mass is 16.2. The van der Waals surface area contributed by atoms with Crippen LogP contribution in [0.4, 0.5) is 4.79 Å². The van der Waals surface area contributed by atoms with E-state index in [0.29, 0.717) is 13.0 Å². The molecule has 2 aliphatic rings. The summed E-state index contributed by atoms with van der Waals surface area (Å²) in [5.41, 5.74) is 3.71. The molecule has 1 heterocycles. The summed E-state index contributed by atoms with van der Waals surface area (Å²) in [6, 6.07) is 5.34. The molecule has 6 nitrogen and oxygen atoms in total. The maximum atomic E-state index is 12.6. The molecular weight excluding hydrogens is 330 g/mol. The number of imide groups is 1. The van der Waals surface area contributed by atoms with Crippen molar-refractivity contribution in [1.29, 1.82) is 0 Å². The number of urea groups is 1. The fourth-order valence-electron chi connectivity index (χ4n) is 4.21. The lowest BCUT2D eigenvalue weighted by molar-refractivity contribution is -0.123. The standard InChI is InChI=1S/C20H27N3O3/c1-13-9-14(2)11-15(10-13)20(7-3-4-8-20)12-21-18(25)16-5-6-17(24)23-19(26)22-16/h9-11,16H,3-8,12H2,1-2H3,(H,21,25)(H2,22,23,24,26). The van der Waals surface area contributed by atoms with E-state index < -0.39 is 12.1 Å². The molecule has 1 saturated carbocycles. The summed E-state index contributed by atoms with van der Waals surface area (Å²) in [5.74, 6) is -0.564. The summed E-state index contributed by atoms with van der Waals surface area (Å²) in [4.78, 5) is 35.6. The van der Waals surface area contributed by atoms with E-state index in [4.69, 9.17) is 0 Å². The molecule has 1 aliphatic carbocycles. The van der Waals surface area contributed by atoms with Crippen LogP contribution in [0.2, 0.25) is 0 Å². The first-order valence-electron chi connectivity index (χ1n) is 9.35. The van der Waals surface area contributed by atoms with Crippen LogP contribution in [-0.2, 0) is 15.0 Å². The van der Waals surface area contributed by atoms with Crippen molar-refractivity contribution in [3.63, 3.8) is 0 Å². The first-order valence-corrected chi connectivity index (χ1v) is 9.35. The second-order valence-electron chi connectivity index (χ2n) is 7.69. The summed E-state index contributed by atoms with van der Waals surface area (Å²) in [6.07, 6.45) is 4.89. The average Bonchev–Trinajstić information content (AvgIpc) is 2.98. The molecule has 1 atom stereocenters. The number of aryl methyl sites for hydroxylation is 2. The summed E-state index contributed by atoms with van der Waals surface area (Å²) < 4.78 is 0. The molecule has 1 aromatic rings. The van der Waals surface area contributed by atoms with Crippen LogP contribution in [0.5, 0.6) is 0 Å². The monoisotopic (exact) mass is 357 g/mol. The van der Waals surface area contributed by atoms with Crippen LogP contribution in [0.1, 0.15) is 55.2 Å². The van der Waals surface area contributed by atoms with Crippen LogP contribution < -0.4 is 16.0 Å². The molecule has 140 valence electrons. The molecule has 1 unspecified atom stereocenters. The number of rotatable bonds is 4. The Bertz CT molecular complexity index is 703. The van der Waals surface area contributed by atoms with E-state index in [1.165, 1.54) is 16.7 Å². The molecule has 3 rings (SSSR count). The van der Waals surface area contributed by atoms with Crippen molar-refractivity contribution in [3.8, 4) is 0 Å². The van der Waals surface area contributed by atoms with Crippen molar-refractivity contribution in [2.75, 3.05) is 6.54 Å². The normalized spacial score (nSPS) is 22.3. The van der Waals surface area contributed by atoms with Gasteiger partial charge in [0.1, 0.15) is 6.04 Å². The van der Waals surface area contributed by atoms with Crippen LogP contribution >= 0.6 is 0 Å². The van der Waals surface area contributed by atoms with E-state index in [-0.39, 0.29) is 23.7 Å². The largest absolute Gasteiger partial charge is 0.353 e. The smallest absolute Gasteiger partial charge is 0.322 e. The number of hydrogen-bond acceptors (Lipinski definition) is 3. The fourth-order valence-corrected chi connectivity index (χ4v) is 4.21. The number of benzene rings is 1. The van der Waals surface area contributed by atoms with E-state index in [9.17, 15) is 14.4 Å². The van der Waals surface area contributed by atoms with Gasteiger partial charge in [0.05, 0.1) is 0 Å². The Morgan fingerprint density at radius 1 is 1.15 bits per heavy atom.